The molecular weight excluding hydrogens is 308 g/mol. The Balaban J connectivity index is 2.48. The molecule has 0 saturated heterocycles. The van der Waals surface area contributed by atoms with Crippen molar-refractivity contribution in [2.24, 2.45) is 0 Å². The Morgan fingerprint density at radius 3 is 2.33 bits per heavy atom. The normalized spacial score (nSPS) is 11.0. The van der Waals surface area contributed by atoms with Gasteiger partial charge in [-0.3, -0.25) is 0 Å². The Labute approximate surface area is 122 Å². The van der Waals surface area contributed by atoms with Crippen LogP contribution in [-0.2, 0) is 6.18 Å². The van der Waals surface area contributed by atoms with E-state index in [1.165, 1.54) is 12.1 Å². The van der Waals surface area contributed by atoms with Gasteiger partial charge in [0.15, 0.2) is 0 Å². The highest BCUT2D eigenvalue weighted by Gasteiger charge is 2.34. The predicted octanol–water partition coefficient (Wildman–Crippen LogP) is 5.11. The molecule has 21 heavy (non-hydrogen) atoms. The molecule has 2 aromatic carbocycles. The molecule has 0 amide bonds. The van der Waals surface area contributed by atoms with Gasteiger partial charge >= 0.3 is 6.18 Å². The smallest absolute Gasteiger partial charge is 0.354 e. The lowest BCUT2D eigenvalue weighted by molar-refractivity contribution is -0.136. The Bertz CT molecular complexity index is 720. The van der Waals surface area contributed by atoms with Gasteiger partial charge in [-0.1, -0.05) is 11.6 Å². The van der Waals surface area contributed by atoms with E-state index in [9.17, 15) is 17.6 Å². The third kappa shape index (κ3) is 3.44. The number of halogens is 5. The number of benzene rings is 2. The molecule has 0 spiro atoms. The molecule has 108 valence electrons. The number of nitrogens with zero attached hydrogens (tertiary/aromatic N) is 1. The van der Waals surface area contributed by atoms with Crippen LogP contribution in [0.4, 0.5) is 28.9 Å². The van der Waals surface area contributed by atoms with Gasteiger partial charge in [0.25, 0.3) is 0 Å². The molecule has 0 aliphatic heterocycles. The largest absolute Gasteiger partial charge is 0.418 e. The molecule has 0 atom stereocenters. The van der Waals surface area contributed by atoms with E-state index >= 15 is 0 Å². The number of alkyl halides is 3. The van der Waals surface area contributed by atoms with Crippen molar-refractivity contribution in [3.8, 4) is 6.07 Å². The first-order chi connectivity index (χ1) is 9.81. The van der Waals surface area contributed by atoms with Crippen molar-refractivity contribution in [1.29, 1.82) is 5.26 Å². The van der Waals surface area contributed by atoms with E-state index in [4.69, 9.17) is 16.9 Å². The highest BCUT2D eigenvalue weighted by atomic mass is 35.5. The highest BCUT2D eigenvalue weighted by Crippen LogP contribution is 2.38. The summed E-state index contributed by atoms with van der Waals surface area (Å²) in [5.74, 6) is -0.649. The molecule has 0 unspecified atom stereocenters. The molecule has 0 bridgehead atoms. The fourth-order valence-electron chi connectivity index (χ4n) is 1.72. The van der Waals surface area contributed by atoms with Crippen LogP contribution in [0.5, 0.6) is 0 Å². The van der Waals surface area contributed by atoms with Crippen LogP contribution in [0.1, 0.15) is 11.1 Å². The Kier molecular flexibility index (Phi) is 4.05. The van der Waals surface area contributed by atoms with Crippen LogP contribution < -0.4 is 5.32 Å². The highest BCUT2D eigenvalue weighted by molar-refractivity contribution is 6.30. The van der Waals surface area contributed by atoms with E-state index in [2.05, 4.69) is 5.32 Å². The van der Waals surface area contributed by atoms with Crippen molar-refractivity contribution in [3.63, 3.8) is 0 Å². The minimum Gasteiger partial charge on any atom is -0.354 e. The molecule has 0 saturated carbocycles. The fraction of sp³-hybridized carbons (Fsp3) is 0.0714. The first kappa shape index (κ1) is 15.1. The Hall–Kier alpha value is -2.26. The first-order valence-corrected chi connectivity index (χ1v) is 6.02. The summed E-state index contributed by atoms with van der Waals surface area (Å²) in [4.78, 5) is 0. The lowest BCUT2D eigenvalue weighted by Crippen LogP contribution is -2.09. The van der Waals surface area contributed by atoms with E-state index < -0.39 is 17.6 Å². The van der Waals surface area contributed by atoms with Crippen molar-refractivity contribution in [3.05, 3.63) is 58.4 Å². The zero-order chi connectivity index (χ0) is 15.6. The summed E-state index contributed by atoms with van der Waals surface area (Å²) >= 11 is 5.58. The number of nitrogens with one attached hydrogen (secondary N) is 1. The molecule has 0 aliphatic rings. The van der Waals surface area contributed by atoms with E-state index in [0.29, 0.717) is 0 Å². The van der Waals surface area contributed by atoms with E-state index in [0.717, 1.165) is 24.3 Å². The molecule has 2 rings (SSSR count). The number of hydrogen-bond acceptors (Lipinski definition) is 2. The lowest BCUT2D eigenvalue weighted by atomic mass is 10.1. The van der Waals surface area contributed by atoms with E-state index in [-0.39, 0.29) is 22.0 Å². The number of anilines is 2. The third-order valence-corrected chi connectivity index (χ3v) is 2.89. The number of nitriles is 1. The van der Waals surface area contributed by atoms with Crippen molar-refractivity contribution >= 4 is 23.0 Å². The molecule has 0 fully saturated rings. The summed E-state index contributed by atoms with van der Waals surface area (Å²) in [6.45, 7) is 0. The second-order valence-electron chi connectivity index (χ2n) is 4.11. The average molecular weight is 315 g/mol. The van der Waals surface area contributed by atoms with Crippen LogP contribution in [0.15, 0.2) is 36.4 Å². The quantitative estimate of drug-likeness (QED) is 0.782. The van der Waals surface area contributed by atoms with Crippen LogP contribution in [0.2, 0.25) is 5.02 Å². The molecule has 7 heteroatoms. The molecular formula is C14H7ClF4N2. The van der Waals surface area contributed by atoms with Crippen LogP contribution >= 0.6 is 11.6 Å². The van der Waals surface area contributed by atoms with Gasteiger partial charge in [-0.15, -0.1) is 0 Å². The topological polar surface area (TPSA) is 35.8 Å². The molecule has 2 nitrogen and oxygen atoms in total. The zero-order valence-corrected chi connectivity index (χ0v) is 11.1. The van der Waals surface area contributed by atoms with Crippen molar-refractivity contribution in [1.82, 2.24) is 0 Å². The third-order valence-electron chi connectivity index (χ3n) is 2.66. The standard InChI is InChI=1S/C14H7ClF4N2/c15-9-1-3-13(11(6-9)14(17,18)19)21-12-4-2-10(16)5-8(12)7-20/h1-6,21H. The SMILES string of the molecule is N#Cc1cc(F)ccc1Nc1ccc(Cl)cc1C(F)(F)F. The maximum absolute atomic E-state index is 13.0. The van der Waals surface area contributed by atoms with Gasteiger partial charge in [-0.25, -0.2) is 4.39 Å². The van der Waals surface area contributed by atoms with Crippen molar-refractivity contribution < 1.29 is 17.6 Å². The van der Waals surface area contributed by atoms with Crippen LogP contribution in [0.25, 0.3) is 0 Å². The van der Waals surface area contributed by atoms with Crippen LogP contribution in [-0.4, -0.2) is 0 Å². The molecule has 0 aromatic heterocycles. The van der Waals surface area contributed by atoms with Gasteiger partial charge in [0, 0.05) is 5.02 Å². The van der Waals surface area contributed by atoms with E-state index in [1.807, 2.05) is 0 Å². The Morgan fingerprint density at radius 1 is 1.05 bits per heavy atom. The van der Waals surface area contributed by atoms with Gasteiger partial charge < -0.3 is 5.32 Å². The molecule has 0 aliphatic carbocycles. The summed E-state index contributed by atoms with van der Waals surface area (Å²) in [6, 6.07) is 8.11. The fourth-order valence-corrected chi connectivity index (χ4v) is 1.90. The monoisotopic (exact) mass is 314 g/mol. The van der Waals surface area contributed by atoms with Gasteiger partial charge in [0.05, 0.1) is 22.5 Å². The van der Waals surface area contributed by atoms with Crippen LogP contribution in [0.3, 0.4) is 0 Å². The summed E-state index contributed by atoms with van der Waals surface area (Å²) in [5.41, 5.74) is -1.26. The van der Waals surface area contributed by atoms with Crippen LogP contribution in [0, 0.1) is 17.1 Å². The van der Waals surface area contributed by atoms with Crippen molar-refractivity contribution in [2.45, 2.75) is 6.18 Å². The number of hydrogen-bond donors (Lipinski definition) is 1. The minimum absolute atomic E-state index is 0.0625. The minimum atomic E-state index is -4.61. The van der Waals surface area contributed by atoms with E-state index in [1.54, 1.807) is 6.07 Å². The predicted molar refractivity (Wildman–Crippen MR) is 70.9 cm³/mol. The molecule has 0 heterocycles. The average Bonchev–Trinajstić information content (AvgIpc) is 2.41. The zero-order valence-electron chi connectivity index (χ0n) is 10.3. The number of rotatable bonds is 2. The summed E-state index contributed by atoms with van der Waals surface area (Å²) in [6.07, 6.45) is -4.61. The second-order valence-corrected chi connectivity index (χ2v) is 4.55. The second kappa shape index (κ2) is 5.62. The summed E-state index contributed by atoms with van der Waals surface area (Å²) in [5, 5.41) is 11.3. The van der Waals surface area contributed by atoms with Gasteiger partial charge in [0.2, 0.25) is 0 Å². The van der Waals surface area contributed by atoms with Gasteiger partial charge in [-0.05, 0) is 36.4 Å². The lowest BCUT2D eigenvalue weighted by Gasteiger charge is -2.15. The maximum Gasteiger partial charge on any atom is 0.418 e. The van der Waals surface area contributed by atoms with Crippen molar-refractivity contribution in [2.75, 3.05) is 5.32 Å². The molecule has 1 N–H and O–H groups in total. The summed E-state index contributed by atoms with van der Waals surface area (Å²) in [7, 11) is 0. The molecule has 2 aromatic rings. The van der Waals surface area contributed by atoms with Gasteiger partial charge in [-0.2, -0.15) is 18.4 Å². The first-order valence-electron chi connectivity index (χ1n) is 5.64. The maximum atomic E-state index is 13.0. The Morgan fingerprint density at radius 2 is 1.71 bits per heavy atom. The molecule has 0 radical (unpaired) electrons. The summed E-state index contributed by atoms with van der Waals surface area (Å²) < 4.78 is 51.9. The van der Waals surface area contributed by atoms with Gasteiger partial charge in [0.1, 0.15) is 11.9 Å².